The van der Waals surface area contributed by atoms with E-state index in [0.29, 0.717) is 13.1 Å². The van der Waals surface area contributed by atoms with Crippen molar-refractivity contribution in [2.75, 3.05) is 13.1 Å². The van der Waals surface area contributed by atoms with Crippen LogP contribution in [0.4, 0.5) is 4.79 Å². The molecule has 1 amide bonds. The van der Waals surface area contributed by atoms with Gasteiger partial charge in [-0.25, -0.2) is 14.4 Å². The monoisotopic (exact) mass is 352 g/mol. The third-order valence-electron chi connectivity index (χ3n) is 3.43. The van der Waals surface area contributed by atoms with Crippen molar-refractivity contribution < 1.29 is 29.3 Å². The fraction of sp³-hybridized carbons (Fsp3) is 0.471. The molecule has 0 spiro atoms. The minimum Gasteiger partial charge on any atom is -0.473 e. The van der Waals surface area contributed by atoms with Gasteiger partial charge in [0.2, 0.25) is 0 Å². The summed E-state index contributed by atoms with van der Waals surface area (Å²) in [5.74, 6) is -3.46. The molecule has 1 aliphatic rings. The summed E-state index contributed by atoms with van der Waals surface area (Å²) in [4.78, 5) is 31.9. The fourth-order valence-corrected chi connectivity index (χ4v) is 2.36. The van der Waals surface area contributed by atoms with Crippen LogP contribution in [-0.2, 0) is 14.3 Å². The van der Waals surface area contributed by atoms with Crippen LogP contribution in [0, 0.1) is 0 Å². The average Bonchev–Trinajstić information content (AvgIpc) is 2.89. The fourth-order valence-electron chi connectivity index (χ4n) is 2.36. The number of carbonyl (C=O) groups excluding carboxylic acids is 1. The number of nitrogens with zero attached hydrogens (tertiary/aromatic N) is 1. The molecule has 25 heavy (non-hydrogen) atoms. The van der Waals surface area contributed by atoms with Gasteiger partial charge < -0.3 is 25.6 Å². The molecule has 0 aromatic heterocycles. The van der Waals surface area contributed by atoms with Crippen LogP contribution in [0.25, 0.3) is 0 Å². The summed E-state index contributed by atoms with van der Waals surface area (Å²) >= 11 is 0. The SMILES string of the molecule is CC(C)(C)OC(=O)N1CC(N)[C@H](c2ccccc2)C1.O=C(O)C(=O)O. The molecule has 8 heteroatoms. The number of ether oxygens (including phenoxy) is 1. The van der Waals surface area contributed by atoms with Gasteiger partial charge in [0.1, 0.15) is 5.60 Å². The largest absolute Gasteiger partial charge is 0.473 e. The zero-order valence-corrected chi connectivity index (χ0v) is 14.5. The van der Waals surface area contributed by atoms with Crippen molar-refractivity contribution in [1.29, 1.82) is 0 Å². The van der Waals surface area contributed by atoms with E-state index in [1.165, 1.54) is 5.56 Å². The molecule has 0 saturated carbocycles. The third kappa shape index (κ3) is 6.80. The Labute approximate surface area is 146 Å². The summed E-state index contributed by atoms with van der Waals surface area (Å²) in [6.45, 7) is 6.79. The van der Waals surface area contributed by atoms with Gasteiger partial charge in [-0.3, -0.25) is 0 Å². The molecule has 1 fully saturated rings. The second-order valence-electron chi connectivity index (χ2n) is 6.68. The van der Waals surface area contributed by atoms with E-state index in [1.54, 1.807) is 4.90 Å². The minimum absolute atomic E-state index is 0.0325. The first-order chi connectivity index (χ1) is 11.5. The van der Waals surface area contributed by atoms with Gasteiger partial charge in [-0.15, -0.1) is 0 Å². The number of carboxylic acids is 2. The Morgan fingerprint density at radius 3 is 2.04 bits per heavy atom. The Morgan fingerprint density at radius 1 is 1.08 bits per heavy atom. The first-order valence-electron chi connectivity index (χ1n) is 7.76. The summed E-state index contributed by atoms with van der Waals surface area (Å²) in [7, 11) is 0. The molecule has 2 rings (SSSR count). The molecule has 1 heterocycles. The van der Waals surface area contributed by atoms with Gasteiger partial charge >= 0.3 is 18.0 Å². The standard InChI is InChI=1S/C15H22N2O2.C2H2O4/c1-15(2,3)19-14(18)17-9-12(13(16)10-17)11-7-5-4-6-8-11;3-1(4)2(5)6/h4-8,12-13H,9-10,16H2,1-3H3;(H,3,4)(H,5,6)/t12-,13?;/m0./s1. The van der Waals surface area contributed by atoms with E-state index in [0.717, 1.165) is 0 Å². The van der Waals surface area contributed by atoms with Crippen LogP contribution < -0.4 is 5.73 Å². The van der Waals surface area contributed by atoms with Crippen LogP contribution in [0.15, 0.2) is 30.3 Å². The number of carboxylic acid groups (broad SMARTS) is 2. The maximum absolute atomic E-state index is 12.0. The quantitative estimate of drug-likeness (QED) is 0.653. The van der Waals surface area contributed by atoms with Crippen molar-refractivity contribution in [2.45, 2.75) is 38.3 Å². The van der Waals surface area contributed by atoms with E-state index in [9.17, 15) is 4.79 Å². The molecular weight excluding hydrogens is 328 g/mol. The minimum atomic E-state index is -1.82. The zero-order chi connectivity index (χ0) is 19.2. The van der Waals surface area contributed by atoms with Gasteiger partial charge in [0.05, 0.1) is 0 Å². The molecule has 138 valence electrons. The molecule has 1 saturated heterocycles. The molecule has 1 aromatic carbocycles. The number of amides is 1. The topological polar surface area (TPSA) is 130 Å². The van der Waals surface area contributed by atoms with E-state index in [4.69, 9.17) is 30.3 Å². The molecule has 0 aliphatic carbocycles. The molecule has 1 aromatic rings. The molecule has 2 atom stereocenters. The molecule has 4 N–H and O–H groups in total. The number of hydrogen-bond acceptors (Lipinski definition) is 5. The Hall–Kier alpha value is -2.61. The van der Waals surface area contributed by atoms with E-state index >= 15 is 0 Å². The summed E-state index contributed by atoms with van der Waals surface area (Å²) in [6, 6.07) is 10.1. The number of rotatable bonds is 1. The van der Waals surface area contributed by atoms with Crippen molar-refractivity contribution in [1.82, 2.24) is 4.90 Å². The number of carbonyl (C=O) groups is 3. The van der Waals surface area contributed by atoms with E-state index < -0.39 is 17.5 Å². The zero-order valence-electron chi connectivity index (χ0n) is 14.5. The third-order valence-corrected chi connectivity index (χ3v) is 3.43. The summed E-state index contributed by atoms with van der Waals surface area (Å²) in [6.07, 6.45) is -0.276. The number of hydrogen-bond donors (Lipinski definition) is 3. The van der Waals surface area contributed by atoms with Crippen molar-refractivity contribution in [3.63, 3.8) is 0 Å². The Balaban J connectivity index is 0.000000450. The number of benzene rings is 1. The first-order valence-corrected chi connectivity index (χ1v) is 7.76. The van der Waals surface area contributed by atoms with Gasteiger partial charge in [0, 0.05) is 25.0 Å². The summed E-state index contributed by atoms with van der Waals surface area (Å²) < 4.78 is 5.39. The van der Waals surface area contributed by atoms with E-state index in [-0.39, 0.29) is 18.1 Å². The predicted octanol–water partition coefficient (Wildman–Crippen LogP) is 1.50. The molecular formula is C17H24N2O6. The van der Waals surface area contributed by atoms with E-state index in [2.05, 4.69) is 12.1 Å². The van der Waals surface area contributed by atoms with Crippen LogP contribution in [0.2, 0.25) is 0 Å². The number of aliphatic carboxylic acids is 2. The highest BCUT2D eigenvalue weighted by Gasteiger charge is 2.35. The van der Waals surface area contributed by atoms with Gasteiger partial charge in [0.15, 0.2) is 0 Å². The second-order valence-corrected chi connectivity index (χ2v) is 6.68. The highest BCUT2D eigenvalue weighted by Crippen LogP contribution is 2.27. The molecule has 8 nitrogen and oxygen atoms in total. The van der Waals surface area contributed by atoms with Crippen molar-refractivity contribution in [3.05, 3.63) is 35.9 Å². The molecule has 1 unspecified atom stereocenters. The lowest BCUT2D eigenvalue weighted by Gasteiger charge is -2.24. The number of likely N-dealkylation sites (tertiary alicyclic amines) is 1. The van der Waals surface area contributed by atoms with Crippen LogP contribution >= 0.6 is 0 Å². The maximum Gasteiger partial charge on any atom is 0.414 e. The first kappa shape index (κ1) is 20.4. The van der Waals surface area contributed by atoms with Gasteiger partial charge in [0.25, 0.3) is 0 Å². The summed E-state index contributed by atoms with van der Waals surface area (Å²) in [5, 5.41) is 14.8. The molecule has 0 radical (unpaired) electrons. The highest BCUT2D eigenvalue weighted by atomic mass is 16.6. The van der Waals surface area contributed by atoms with Crippen molar-refractivity contribution >= 4 is 18.0 Å². The van der Waals surface area contributed by atoms with E-state index in [1.807, 2.05) is 39.0 Å². The van der Waals surface area contributed by atoms with Crippen LogP contribution in [0.5, 0.6) is 0 Å². The smallest absolute Gasteiger partial charge is 0.414 e. The van der Waals surface area contributed by atoms with Gasteiger partial charge in [-0.1, -0.05) is 30.3 Å². The van der Waals surface area contributed by atoms with Crippen molar-refractivity contribution in [3.8, 4) is 0 Å². The lowest BCUT2D eigenvalue weighted by molar-refractivity contribution is -0.159. The maximum atomic E-state index is 12.0. The Kier molecular flexibility index (Phi) is 6.93. The van der Waals surface area contributed by atoms with Crippen LogP contribution in [0.1, 0.15) is 32.3 Å². The van der Waals surface area contributed by atoms with Gasteiger partial charge in [-0.05, 0) is 26.3 Å². The molecule has 0 bridgehead atoms. The van der Waals surface area contributed by atoms with Crippen LogP contribution in [-0.4, -0.2) is 57.9 Å². The molecule has 1 aliphatic heterocycles. The second kappa shape index (κ2) is 8.48. The number of nitrogens with two attached hydrogens (primary N) is 1. The lowest BCUT2D eigenvalue weighted by atomic mass is 9.95. The average molecular weight is 352 g/mol. The van der Waals surface area contributed by atoms with Crippen LogP contribution in [0.3, 0.4) is 0 Å². The predicted molar refractivity (Wildman–Crippen MR) is 90.2 cm³/mol. The normalized spacial score (nSPS) is 19.6. The summed E-state index contributed by atoms with van der Waals surface area (Å²) in [5.41, 5.74) is 6.87. The highest BCUT2D eigenvalue weighted by molar-refractivity contribution is 6.27. The Morgan fingerprint density at radius 2 is 1.60 bits per heavy atom. The van der Waals surface area contributed by atoms with Gasteiger partial charge in [-0.2, -0.15) is 0 Å². The van der Waals surface area contributed by atoms with Crippen molar-refractivity contribution in [2.24, 2.45) is 5.73 Å². The lowest BCUT2D eigenvalue weighted by Crippen LogP contribution is -2.36. The Bertz CT molecular complexity index is 599.